The van der Waals surface area contributed by atoms with Gasteiger partial charge in [0.15, 0.2) is 0 Å². The molecule has 0 fully saturated rings. The van der Waals surface area contributed by atoms with Crippen LogP contribution < -0.4 is 5.32 Å². The van der Waals surface area contributed by atoms with E-state index < -0.39 is 0 Å². The minimum atomic E-state index is 0.0346. The number of aryl methyl sites for hydroxylation is 2. The first-order valence-electron chi connectivity index (χ1n) is 6.16. The summed E-state index contributed by atoms with van der Waals surface area (Å²) in [5.41, 5.74) is 1.04. The highest BCUT2D eigenvalue weighted by atomic mass is 32.1. The first-order chi connectivity index (χ1) is 8.77. The Balaban J connectivity index is 2.34. The van der Waals surface area contributed by atoms with Gasteiger partial charge in [-0.1, -0.05) is 18.3 Å². The molecule has 6 nitrogen and oxygen atoms in total. The second kappa shape index (κ2) is 6.01. The molecule has 0 radical (unpaired) electrons. The summed E-state index contributed by atoms with van der Waals surface area (Å²) in [5.74, 6) is 0.907. The van der Waals surface area contributed by atoms with Crippen molar-refractivity contribution >= 4 is 11.5 Å². The number of nitrogens with zero attached hydrogens (tertiary/aromatic N) is 5. The van der Waals surface area contributed by atoms with Crippen LogP contribution in [0.25, 0.3) is 0 Å². The minimum absolute atomic E-state index is 0.0346. The third kappa shape index (κ3) is 2.56. The number of hydrogen-bond acceptors (Lipinski definition) is 6. The first kappa shape index (κ1) is 13.1. The van der Waals surface area contributed by atoms with E-state index in [1.807, 2.05) is 7.05 Å². The number of rotatable bonds is 6. The molecule has 0 aliphatic carbocycles. The summed E-state index contributed by atoms with van der Waals surface area (Å²) in [6, 6.07) is 0.0346. The SMILES string of the molecule is CCCNC(c1snnc1CC)c1ncnn1C. The van der Waals surface area contributed by atoms with Crippen LogP contribution in [0, 0.1) is 0 Å². The molecule has 1 N–H and O–H groups in total. The maximum Gasteiger partial charge on any atom is 0.149 e. The van der Waals surface area contributed by atoms with Crippen LogP contribution in [0.4, 0.5) is 0 Å². The molecule has 0 amide bonds. The Hall–Kier alpha value is -1.34. The van der Waals surface area contributed by atoms with Gasteiger partial charge in [0.1, 0.15) is 18.2 Å². The van der Waals surface area contributed by atoms with Gasteiger partial charge in [0, 0.05) is 7.05 Å². The van der Waals surface area contributed by atoms with E-state index in [2.05, 4.69) is 38.8 Å². The van der Waals surface area contributed by atoms with Gasteiger partial charge in [-0.05, 0) is 30.9 Å². The zero-order chi connectivity index (χ0) is 13.0. The highest BCUT2D eigenvalue weighted by Crippen LogP contribution is 2.25. The Morgan fingerprint density at radius 1 is 1.44 bits per heavy atom. The maximum absolute atomic E-state index is 4.34. The summed E-state index contributed by atoms with van der Waals surface area (Å²) < 4.78 is 5.85. The molecule has 0 aliphatic heterocycles. The van der Waals surface area contributed by atoms with Crippen LogP contribution in [0.3, 0.4) is 0 Å². The van der Waals surface area contributed by atoms with E-state index in [0.717, 1.165) is 35.8 Å². The Morgan fingerprint density at radius 3 is 2.89 bits per heavy atom. The first-order valence-corrected chi connectivity index (χ1v) is 6.93. The minimum Gasteiger partial charge on any atom is -0.303 e. The quantitative estimate of drug-likeness (QED) is 0.854. The largest absolute Gasteiger partial charge is 0.303 e. The van der Waals surface area contributed by atoms with Crippen LogP contribution in [0.1, 0.15) is 42.7 Å². The molecule has 0 aliphatic rings. The van der Waals surface area contributed by atoms with Gasteiger partial charge < -0.3 is 5.32 Å². The summed E-state index contributed by atoms with van der Waals surface area (Å²) in [7, 11) is 1.91. The average Bonchev–Trinajstić information content (AvgIpc) is 2.99. The standard InChI is InChI=1S/C11H18N6S/c1-4-6-12-9(11-13-7-14-17(11)3)10-8(5-2)15-16-18-10/h7,9,12H,4-6H2,1-3H3. The molecule has 0 saturated carbocycles. The fourth-order valence-electron chi connectivity index (χ4n) is 1.84. The lowest BCUT2D eigenvalue weighted by Crippen LogP contribution is -2.26. The van der Waals surface area contributed by atoms with Gasteiger partial charge >= 0.3 is 0 Å². The van der Waals surface area contributed by atoms with E-state index in [0.29, 0.717) is 0 Å². The zero-order valence-electron chi connectivity index (χ0n) is 10.9. The molecule has 18 heavy (non-hydrogen) atoms. The van der Waals surface area contributed by atoms with Crippen molar-refractivity contribution < 1.29 is 0 Å². The second-order valence-corrected chi connectivity index (χ2v) is 4.85. The molecule has 7 heteroatoms. The van der Waals surface area contributed by atoms with Gasteiger partial charge in [0.05, 0.1) is 10.6 Å². The lowest BCUT2D eigenvalue weighted by Gasteiger charge is -2.16. The van der Waals surface area contributed by atoms with Crippen molar-refractivity contribution in [1.29, 1.82) is 0 Å². The molecule has 2 aromatic heterocycles. The van der Waals surface area contributed by atoms with Crippen LogP contribution in [0.2, 0.25) is 0 Å². The molecule has 0 aromatic carbocycles. The highest BCUT2D eigenvalue weighted by molar-refractivity contribution is 7.05. The molecule has 1 unspecified atom stereocenters. The normalized spacial score (nSPS) is 12.8. The molecule has 98 valence electrons. The number of aromatic nitrogens is 5. The maximum atomic E-state index is 4.34. The van der Waals surface area contributed by atoms with Gasteiger partial charge in [-0.25, -0.2) is 4.98 Å². The van der Waals surface area contributed by atoms with Crippen LogP contribution >= 0.6 is 11.5 Å². The molecule has 0 spiro atoms. The Kier molecular flexibility index (Phi) is 4.38. The van der Waals surface area contributed by atoms with E-state index >= 15 is 0 Å². The Labute approximate surface area is 111 Å². The van der Waals surface area contributed by atoms with Crippen molar-refractivity contribution in [1.82, 2.24) is 29.7 Å². The number of nitrogens with one attached hydrogen (secondary N) is 1. The topological polar surface area (TPSA) is 68.5 Å². The summed E-state index contributed by atoms with van der Waals surface area (Å²) in [6.45, 7) is 5.17. The summed E-state index contributed by atoms with van der Waals surface area (Å²) in [5, 5.41) is 11.8. The van der Waals surface area contributed by atoms with E-state index in [1.54, 1.807) is 11.0 Å². The van der Waals surface area contributed by atoms with Gasteiger partial charge in [-0.3, -0.25) is 4.68 Å². The third-order valence-corrected chi connectivity index (χ3v) is 3.62. The van der Waals surface area contributed by atoms with Crippen molar-refractivity contribution in [2.75, 3.05) is 6.54 Å². The Bertz CT molecular complexity index is 491. The average molecular weight is 266 g/mol. The van der Waals surface area contributed by atoms with Crippen LogP contribution in [0.5, 0.6) is 0 Å². The van der Waals surface area contributed by atoms with E-state index in [-0.39, 0.29) is 6.04 Å². The number of hydrogen-bond donors (Lipinski definition) is 1. The van der Waals surface area contributed by atoms with Crippen molar-refractivity contribution in [3.8, 4) is 0 Å². The van der Waals surface area contributed by atoms with Crippen LogP contribution in [-0.4, -0.2) is 30.9 Å². The molecule has 1 atom stereocenters. The molecule has 2 aromatic rings. The predicted octanol–water partition coefficient (Wildman–Crippen LogP) is 1.32. The fourth-order valence-corrected chi connectivity index (χ4v) is 2.65. The molecular formula is C11H18N6S. The van der Waals surface area contributed by atoms with Crippen molar-refractivity contribution in [3.05, 3.63) is 22.7 Å². The fraction of sp³-hybridized carbons (Fsp3) is 0.636. The van der Waals surface area contributed by atoms with E-state index in [1.165, 1.54) is 11.5 Å². The second-order valence-electron chi connectivity index (χ2n) is 4.07. The van der Waals surface area contributed by atoms with Gasteiger partial charge in [-0.2, -0.15) is 5.10 Å². The Morgan fingerprint density at radius 2 is 2.28 bits per heavy atom. The van der Waals surface area contributed by atoms with Gasteiger partial charge in [0.25, 0.3) is 0 Å². The summed E-state index contributed by atoms with van der Waals surface area (Å²) in [6.07, 6.45) is 3.53. The third-order valence-electron chi connectivity index (χ3n) is 2.79. The zero-order valence-corrected chi connectivity index (χ0v) is 11.7. The van der Waals surface area contributed by atoms with E-state index in [4.69, 9.17) is 0 Å². The highest BCUT2D eigenvalue weighted by Gasteiger charge is 2.23. The monoisotopic (exact) mass is 266 g/mol. The molecule has 2 heterocycles. The van der Waals surface area contributed by atoms with E-state index in [9.17, 15) is 0 Å². The van der Waals surface area contributed by atoms with Crippen LogP contribution in [-0.2, 0) is 13.5 Å². The molecule has 0 saturated heterocycles. The van der Waals surface area contributed by atoms with Crippen LogP contribution in [0.15, 0.2) is 6.33 Å². The van der Waals surface area contributed by atoms with Crippen molar-refractivity contribution in [2.24, 2.45) is 7.05 Å². The predicted molar refractivity (Wildman–Crippen MR) is 70.4 cm³/mol. The van der Waals surface area contributed by atoms with Gasteiger partial charge in [0.2, 0.25) is 0 Å². The molecule has 0 bridgehead atoms. The molecule has 2 rings (SSSR count). The lowest BCUT2D eigenvalue weighted by atomic mass is 10.1. The molecular weight excluding hydrogens is 248 g/mol. The lowest BCUT2D eigenvalue weighted by molar-refractivity contribution is 0.544. The summed E-state index contributed by atoms with van der Waals surface area (Å²) in [4.78, 5) is 5.48. The van der Waals surface area contributed by atoms with Crippen molar-refractivity contribution in [3.63, 3.8) is 0 Å². The smallest absolute Gasteiger partial charge is 0.149 e. The summed E-state index contributed by atoms with van der Waals surface area (Å²) >= 11 is 1.43. The van der Waals surface area contributed by atoms with Crippen molar-refractivity contribution in [2.45, 2.75) is 32.7 Å². The van der Waals surface area contributed by atoms with Gasteiger partial charge in [-0.15, -0.1) is 5.10 Å².